The van der Waals surface area contributed by atoms with E-state index in [1.54, 1.807) is 4.68 Å². The summed E-state index contributed by atoms with van der Waals surface area (Å²) in [5.41, 5.74) is -0.326. The van der Waals surface area contributed by atoms with Gasteiger partial charge in [0.05, 0.1) is 24.9 Å². The Balaban J connectivity index is 1.73. The summed E-state index contributed by atoms with van der Waals surface area (Å²) in [7, 11) is 1.18. The molecule has 7 nitrogen and oxygen atoms in total. The number of aromatic nitrogens is 2. The molecule has 2 aromatic rings. The maximum atomic E-state index is 14.1. The van der Waals surface area contributed by atoms with Crippen molar-refractivity contribution in [1.82, 2.24) is 14.7 Å². The van der Waals surface area contributed by atoms with E-state index in [1.165, 1.54) is 24.4 Å². The molecule has 26 heavy (non-hydrogen) atoms. The Morgan fingerprint density at radius 2 is 1.88 bits per heavy atom. The summed E-state index contributed by atoms with van der Waals surface area (Å²) < 4.78 is 34.3. The van der Waals surface area contributed by atoms with Crippen LogP contribution in [0.25, 0.3) is 0 Å². The minimum Gasteiger partial charge on any atom is -0.493 e. The van der Waals surface area contributed by atoms with E-state index in [0.29, 0.717) is 25.9 Å². The zero-order valence-corrected chi connectivity index (χ0v) is 14.0. The van der Waals surface area contributed by atoms with Crippen molar-refractivity contribution in [3.05, 3.63) is 47.3 Å². The molecule has 9 heteroatoms. The number of amides is 1. The number of halogens is 2. The third-order valence-electron chi connectivity index (χ3n) is 4.45. The third-order valence-corrected chi connectivity index (χ3v) is 4.45. The average Bonchev–Trinajstić information content (AvgIpc) is 3.13. The number of aromatic carboxylic acids is 1. The number of carboxylic acids is 1. The smallest absolute Gasteiger partial charge is 0.338 e. The second-order valence-electron chi connectivity index (χ2n) is 5.98. The van der Waals surface area contributed by atoms with E-state index >= 15 is 0 Å². The van der Waals surface area contributed by atoms with Crippen LogP contribution in [0.5, 0.6) is 5.75 Å². The zero-order chi connectivity index (χ0) is 18.8. The fraction of sp³-hybridized carbons (Fsp3) is 0.353. The van der Waals surface area contributed by atoms with Crippen LogP contribution in [0.4, 0.5) is 8.78 Å². The van der Waals surface area contributed by atoms with Gasteiger partial charge in [0.2, 0.25) is 0 Å². The molecule has 1 aromatic carbocycles. The molecule has 1 N–H and O–H groups in total. The summed E-state index contributed by atoms with van der Waals surface area (Å²) in [6, 6.07) is 1.75. The van der Waals surface area contributed by atoms with E-state index < -0.39 is 34.8 Å². The first-order chi connectivity index (χ1) is 12.4. The van der Waals surface area contributed by atoms with Crippen LogP contribution in [0.1, 0.15) is 39.6 Å². The first kappa shape index (κ1) is 17.8. The second kappa shape index (κ2) is 7.11. The Bertz CT molecular complexity index is 845. The number of methoxy groups -OCH3 is 1. The highest BCUT2D eigenvalue weighted by Gasteiger charge is 2.30. The Hall–Kier alpha value is -2.97. The minimum atomic E-state index is -1.06. The molecule has 0 bridgehead atoms. The van der Waals surface area contributed by atoms with Crippen molar-refractivity contribution in [2.45, 2.75) is 18.9 Å². The average molecular weight is 365 g/mol. The molecule has 138 valence electrons. The molecular weight excluding hydrogens is 348 g/mol. The van der Waals surface area contributed by atoms with Crippen molar-refractivity contribution in [2.75, 3.05) is 20.2 Å². The van der Waals surface area contributed by atoms with Crippen LogP contribution in [-0.2, 0) is 0 Å². The molecule has 0 saturated carbocycles. The number of benzene rings is 1. The van der Waals surface area contributed by atoms with Gasteiger partial charge in [-0.25, -0.2) is 13.6 Å². The van der Waals surface area contributed by atoms with Crippen molar-refractivity contribution in [3.63, 3.8) is 0 Å². The van der Waals surface area contributed by atoms with Gasteiger partial charge >= 0.3 is 5.97 Å². The zero-order valence-electron chi connectivity index (χ0n) is 14.0. The molecular formula is C17H17F2N3O4. The molecule has 1 aromatic heterocycles. The molecule has 1 saturated heterocycles. The fourth-order valence-corrected chi connectivity index (χ4v) is 3.07. The summed E-state index contributed by atoms with van der Waals surface area (Å²) >= 11 is 0. The lowest BCUT2D eigenvalue weighted by Gasteiger charge is -2.32. The van der Waals surface area contributed by atoms with Gasteiger partial charge in [-0.3, -0.25) is 9.48 Å². The molecule has 0 radical (unpaired) electrons. The molecule has 0 unspecified atom stereocenters. The number of hydrogen-bond acceptors (Lipinski definition) is 4. The number of piperidine rings is 1. The predicted molar refractivity (Wildman–Crippen MR) is 86.3 cm³/mol. The van der Waals surface area contributed by atoms with E-state index in [1.807, 2.05) is 0 Å². The van der Waals surface area contributed by atoms with Crippen molar-refractivity contribution in [2.24, 2.45) is 0 Å². The Morgan fingerprint density at radius 3 is 2.46 bits per heavy atom. The Labute approximate surface area is 147 Å². The van der Waals surface area contributed by atoms with Gasteiger partial charge in [0.15, 0.2) is 11.6 Å². The molecule has 1 aliphatic rings. The van der Waals surface area contributed by atoms with Gasteiger partial charge in [-0.15, -0.1) is 0 Å². The van der Waals surface area contributed by atoms with Crippen LogP contribution in [0.2, 0.25) is 0 Å². The standard InChI is InChI=1S/C17H17F2N3O4/c1-26-15-13(19)3-2-12(18)14(15)16(23)21-6-4-11(5-7-21)22-9-10(8-20-22)17(24)25/h2-3,8-9,11H,4-7H2,1H3,(H,24,25). The maximum absolute atomic E-state index is 14.1. The molecule has 0 spiro atoms. The fourth-order valence-electron chi connectivity index (χ4n) is 3.07. The van der Waals surface area contributed by atoms with Crippen molar-refractivity contribution < 1.29 is 28.2 Å². The van der Waals surface area contributed by atoms with E-state index in [2.05, 4.69) is 5.10 Å². The highest BCUT2D eigenvalue weighted by molar-refractivity contribution is 5.97. The van der Waals surface area contributed by atoms with Crippen LogP contribution in [-0.4, -0.2) is 51.9 Å². The second-order valence-corrected chi connectivity index (χ2v) is 5.98. The Kier molecular flexibility index (Phi) is 4.88. The number of likely N-dealkylation sites (tertiary alicyclic amines) is 1. The molecule has 1 amide bonds. The monoisotopic (exact) mass is 365 g/mol. The van der Waals surface area contributed by atoms with Gasteiger partial charge in [-0.2, -0.15) is 5.10 Å². The van der Waals surface area contributed by atoms with Crippen LogP contribution in [0.3, 0.4) is 0 Å². The number of hydrogen-bond donors (Lipinski definition) is 1. The van der Waals surface area contributed by atoms with Crippen LogP contribution in [0.15, 0.2) is 24.5 Å². The van der Waals surface area contributed by atoms with E-state index in [4.69, 9.17) is 9.84 Å². The predicted octanol–water partition coefficient (Wildman–Crippen LogP) is 2.35. The quantitative estimate of drug-likeness (QED) is 0.899. The summed E-state index contributed by atoms with van der Waals surface area (Å²) in [5.74, 6) is -3.74. The van der Waals surface area contributed by atoms with E-state index in [9.17, 15) is 18.4 Å². The van der Waals surface area contributed by atoms with Crippen LogP contribution < -0.4 is 4.74 Å². The van der Waals surface area contributed by atoms with E-state index in [0.717, 1.165) is 12.1 Å². The van der Waals surface area contributed by atoms with Crippen LogP contribution in [0, 0.1) is 11.6 Å². The molecule has 0 aliphatic carbocycles. The third kappa shape index (κ3) is 3.24. The normalized spacial score (nSPS) is 15.1. The first-order valence-electron chi connectivity index (χ1n) is 8.01. The van der Waals surface area contributed by atoms with Gasteiger partial charge < -0.3 is 14.7 Å². The van der Waals surface area contributed by atoms with Crippen LogP contribution >= 0.6 is 0 Å². The van der Waals surface area contributed by atoms with Gasteiger partial charge in [0.25, 0.3) is 5.91 Å². The number of carboxylic acid groups (broad SMARTS) is 1. The van der Waals surface area contributed by atoms with Crippen molar-refractivity contribution >= 4 is 11.9 Å². The largest absolute Gasteiger partial charge is 0.493 e. The van der Waals surface area contributed by atoms with Crippen molar-refractivity contribution in [3.8, 4) is 5.75 Å². The van der Waals surface area contributed by atoms with E-state index in [-0.39, 0.29) is 11.6 Å². The molecule has 2 heterocycles. The SMILES string of the molecule is COc1c(F)ccc(F)c1C(=O)N1CCC(n2cc(C(=O)O)cn2)CC1. The van der Waals surface area contributed by atoms with Crippen molar-refractivity contribution in [1.29, 1.82) is 0 Å². The lowest BCUT2D eigenvalue weighted by atomic mass is 10.0. The van der Waals surface area contributed by atoms with Gasteiger partial charge in [0.1, 0.15) is 11.4 Å². The summed E-state index contributed by atoms with van der Waals surface area (Å²) in [4.78, 5) is 25.0. The highest BCUT2D eigenvalue weighted by Crippen LogP contribution is 2.29. The van der Waals surface area contributed by atoms with Gasteiger partial charge in [-0.1, -0.05) is 0 Å². The summed E-state index contributed by atoms with van der Waals surface area (Å²) in [5, 5.41) is 13.0. The Morgan fingerprint density at radius 1 is 1.23 bits per heavy atom. The van der Waals surface area contributed by atoms with Gasteiger partial charge in [-0.05, 0) is 25.0 Å². The summed E-state index contributed by atoms with van der Waals surface area (Å²) in [6.45, 7) is 0.621. The lowest BCUT2D eigenvalue weighted by molar-refractivity contribution is 0.0679. The summed E-state index contributed by atoms with van der Waals surface area (Å²) in [6.07, 6.45) is 3.75. The van der Waals surface area contributed by atoms with Gasteiger partial charge in [0, 0.05) is 19.3 Å². The number of rotatable bonds is 4. The first-order valence-corrected chi connectivity index (χ1v) is 8.01. The maximum Gasteiger partial charge on any atom is 0.338 e. The molecule has 1 fully saturated rings. The lowest BCUT2D eigenvalue weighted by Crippen LogP contribution is -2.39. The number of ether oxygens (including phenoxy) is 1. The molecule has 1 aliphatic heterocycles. The molecule has 3 rings (SSSR count). The highest BCUT2D eigenvalue weighted by atomic mass is 19.1. The number of carbonyl (C=O) groups excluding carboxylic acids is 1. The topological polar surface area (TPSA) is 84.7 Å². The number of nitrogens with zero attached hydrogens (tertiary/aromatic N) is 3. The minimum absolute atomic E-state index is 0.0635. The molecule has 0 atom stereocenters. The number of carbonyl (C=O) groups is 2.